The number of pyridine rings is 1. The summed E-state index contributed by atoms with van der Waals surface area (Å²) >= 11 is 0. The van der Waals surface area contributed by atoms with Crippen molar-refractivity contribution in [1.82, 2.24) is 4.98 Å². The monoisotopic (exact) mass is 534 g/mol. The van der Waals surface area contributed by atoms with Crippen LogP contribution in [0.25, 0.3) is 65.5 Å². The summed E-state index contributed by atoms with van der Waals surface area (Å²) in [6, 6.07) is 50.7. The third kappa shape index (κ3) is 3.55. The normalized spacial score (nSPS) is 12.6. The van der Waals surface area contributed by atoms with Gasteiger partial charge in [-0.05, 0) is 74.1 Å². The smallest absolute Gasteiger partial charge is 0.0791 e. The van der Waals surface area contributed by atoms with E-state index in [1.165, 1.54) is 76.9 Å². The molecule has 0 amide bonds. The van der Waals surface area contributed by atoms with Crippen molar-refractivity contribution < 1.29 is 0 Å². The number of nitrogens with zero attached hydrogens (tertiary/aromatic N) is 2. The highest BCUT2D eigenvalue weighted by molar-refractivity contribution is 6.19. The van der Waals surface area contributed by atoms with Crippen molar-refractivity contribution in [3.05, 3.63) is 151 Å². The Labute approximate surface area is 244 Å². The van der Waals surface area contributed by atoms with Crippen LogP contribution in [0.2, 0.25) is 0 Å². The Bertz CT molecular complexity index is 2340. The van der Waals surface area contributed by atoms with Crippen LogP contribution in [0, 0.1) is 0 Å². The summed E-state index contributed by atoms with van der Waals surface area (Å²) in [5.74, 6) is 0. The summed E-state index contributed by atoms with van der Waals surface area (Å²) < 4.78 is 0. The Morgan fingerprint density at radius 3 is 1.98 bits per heavy atom. The van der Waals surface area contributed by atoms with Crippen LogP contribution in [0.1, 0.15) is 5.56 Å². The lowest BCUT2D eigenvalue weighted by Gasteiger charge is -2.32. The first kappa shape index (κ1) is 23.3. The molecule has 42 heavy (non-hydrogen) atoms. The fourth-order valence-corrected chi connectivity index (χ4v) is 6.77. The highest BCUT2D eigenvalue weighted by atomic mass is 15.1. The molecule has 0 saturated heterocycles. The number of hydrogen-bond donors (Lipinski definition) is 0. The molecule has 2 heterocycles. The molecule has 2 nitrogen and oxygen atoms in total. The minimum Gasteiger partial charge on any atom is -0.336 e. The number of anilines is 2. The van der Waals surface area contributed by atoms with E-state index in [-0.39, 0.29) is 0 Å². The van der Waals surface area contributed by atoms with Gasteiger partial charge in [0.05, 0.1) is 11.2 Å². The van der Waals surface area contributed by atoms with E-state index in [4.69, 9.17) is 4.98 Å². The van der Waals surface area contributed by atoms with Gasteiger partial charge in [-0.2, -0.15) is 0 Å². The molecule has 0 atom stereocenters. The molecule has 0 fully saturated rings. The molecule has 1 aromatic heterocycles. The van der Waals surface area contributed by atoms with Crippen LogP contribution in [0.15, 0.2) is 146 Å². The Morgan fingerprint density at radius 2 is 1.17 bits per heavy atom. The van der Waals surface area contributed by atoms with Gasteiger partial charge < -0.3 is 4.90 Å². The number of benzene rings is 7. The minimum atomic E-state index is 0.791. The zero-order valence-electron chi connectivity index (χ0n) is 23.0. The molecule has 0 unspecified atom stereocenters. The fraction of sp³-hybridized carbons (Fsp3) is 0.0250. The van der Waals surface area contributed by atoms with Gasteiger partial charge in [-0.15, -0.1) is 0 Å². The van der Waals surface area contributed by atoms with Gasteiger partial charge in [0, 0.05) is 40.2 Å². The Hall–Kier alpha value is -5.47. The summed E-state index contributed by atoms with van der Waals surface area (Å²) in [5, 5.41) is 8.72. The van der Waals surface area contributed by atoms with Crippen molar-refractivity contribution in [3.8, 4) is 22.3 Å². The third-order valence-corrected chi connectivity index (χ3v) is 8.83. The van der Waals surface area contributed by atoms with Gasteiger partial charge in [-0.1, -0.05) is 109 Å². The van der Waals surface area contributed by atoms with Crippen LogP contribution in [0.4, 0.5) is 11.4 Å². The van der Waals surface area contributed by atoms with Crippen molar-refractivity contribution in [3.63, 3.8) is 0 Å². The highest BCUT2D eigenvalue weighted by Gasteiger charge is 2.25. The summed E-state index contributed by atoms with van der Waals surface area (Å²) in [6.45, 7) is 0.791. The summed E-state index contributed by atoms with van der Waals surface area (Å²) in [4.78, 5) is 7.64. The van der Waals surface area contributed by atoms with Crippen LogP contribution in [0.3, 0.4) is 0 Å². The van der Waals surface area contributed by atoms with Crippen LogP contribution < -0.4 is 4.90 Å². The van der Waals surface area contributed by atoms with Crippen LogP contribution in [-0.4, -0.2) is 4.98 Å². The zero-order valence-corrected chi connectivity index (χ0v) is 23.0. The van der Waals surface area contributed by atoms with E-state index in [1.54, 1.807) is 0 Å². The lowest BCUT2D eigenvalue weighted by atomic mass is 9.89. The molecule has 0 bridgehead atoms. The second-order valence-corrected chi connectivity index (χ2v) is 11.3. The minimum absolute atomic E-state index is 0.791. The van der Waals surface area contributed by atoms with E-state index in [9.17, 15) is 0 Å². The molecular weight excluding hydrogens is 508 g/mol. The largest absolute Gasteiger partial charge is 0.336 e. The molecule has 196 valence electrons. The molecule has 0 aliphatic carbocycles. The standard InChI is InChI=1S/C40H26N2/c1-2-8-26(9-3-1)33-21-34-24-41-40-36(31-15-14-27-10-4-6-12-29(27)20-31)19-17-32-25-42(37(23-33)38(34)39(32)40)35-18-16-28-11-5-7-13-30(28)22-35/h1-24H,25H2. The van der Waals surface area contributed by atoms with Gasteiger partial charge in [0.25, 0.3) is 0 Å². The van der Waals surface area contributed by atoms with Crippen LogP contribution >= 0.6 is 0 Å². The van der Waals surface area contributed by atoms with Gasteiger partial charge in [0.1, 0.15) is 0 Å². The van der Waals surface area contributed by atoms with Gasteiger partial charge in [-0.25, -0.2) is 0 Å². The van der Waals surface area contributed by atoms with Crippen LogP contribution in [-0.2, 0) is 6.54 Å². The average molecular weight is 535 g/mol. The van der Waals surface area contributed by atoms with Crippen molar-refractivity contribution in [2.24, 2.45) is 0 Å². The van der Waals surface area contributed by atoms with E-state index < -0.39 is 0 Å². The van der Waals surface area contributed by atoms with Gasteiger partial charge in [0.2, 0.25) is 0 Å². The molecular formula is C40H26N2. The topological polar surface area (TPSA) is 16.1 Å². The molecule has 0 radical (unpaired) electrons. The molecule has 0 spiro atoms. The van der Waals surface area contributed by atoms with E-state index in [2.05, 4.69) is 151 Å². The van der Waals surface area contributed by atoms with Crippen molar-refractivity contribution in [2.75, 3.05) is 4.90 Å². The SMILES string of the molecule is c1ccc(-c2cc3c4c(cnc5c(-c6ccc7ccccc7c6)ccc(c54)CN3c3ccc4ccccc4c3)c2)cc1. The quantitative estimate of drug-likeness (QED) is 0.210. The fourth-order valence-electron chi connectivity index (χ4n) is 6.77. The predicted octanol–water partition coefficient (Wildman–Crippen LogP) is 10.7. The van der Waals surface area contributed by atoms with Crippen molar-refractivity contribution >= 4 is 54.6 Å². The third-order valence-electron chi connectivity index (χ3n) is 8.83. The number of rotatable bonds is 3. The maximum Gasteiger partial charge on any atom is 0.0791 e. The first-order chi connectivity index (χ1) is 20.8. The average Bonchev–Trinajstić information content (AvgIpc) is 3.06. The number of fused-ring (bicyclic) bond motifs is 2. The van der Waals surface area contributed by atoms with Crippen molar-refractivity contribution in [2.45, 2.75) is 6.54 Å². The molecule has 0 saturated carbocycles. The Balaban J connectivity index is 1.33. The first-order valence-corrected chi connectivity index (χ1v) is 14.5. The van der Waals surface area contributed by atoms with Gasteiger partial charge >= 0.3 is 0 Å². The lowest BCUT2D eigenvalue weighted by molar-refractivity contribution is 0.982. The van der Waals surface area contributed by atoms with E-state index in [0.29, 0.717) is 0 Å². The molecule has 2 heteroatoms. The predicted molar refractivity (Wildman–Crippen MR) is 177 cm³/mol. The summed E-state index contributed by atoms with van der Waals surface area (Å²) in [6.07, 6.45) is 2.08. The maximum absolute atomic E-state index is 5.16. The summed E-state index contributed by atoms with van der Waals surface area (Å²) in [5.41, 5.74) is 9.61. The Kier molecular flexibility index (Phi) is 4.99. The molecule has 8 aromatic rings. The molecule has 7 aromatic carbocycles. The van der Waals surface area contributed by atoms with E-state index in [0.717, 1.165) is 12.1 Å². The van der Waals surface area contributed by atoms with E-state index >= 15 is 0 Å². The highest BCUT2D eigenvalue weighted by Crippen LogP contribution is 2.47. The second kappa shape index (κ2) is 9.02. The Morgan fingerprint density at radius 1 is 0.476 bits per heavy atom. The van der Waals surface area contributed by atoms with E-state index in [1.807, 2.05) is 0 Å². The molecule has 9 rings (SSSR count). The number of hydrogen-bond acceptors (Lipinski definition) is 2. The molecule has 1 aliphatic heterocycles. The first-order valence-electron chi connectivity index (χ1n) is 14.5. The second-order valence-electron chi connectivity index (χ2n) is 11.3. The maximum atomic E-state index is 5.16. The van der Waals surface area contributed by atoms with Gasteiger partial charge in [0.15, 0.2) is 0 Å². The molecule has 1 aliphatic rings. The van der Waals surface area contributed by atoms with Crippen molar-refractivity contribution in [1.29, 1.82) is 0 Å². The van der Waals surface area contributed by atoms with Gasteiger partial charge in [-0.3, -0.25) is 4.98 Å². The van der Waals surface area contributed by atoms with Crippen LogP contribution in [0.5, 0.6) is 0 Å². The lowest BCUT2D eigenvalue weighted by Crippen LogP contribution is -2.20. The zero-order chi connectivity index (χ0) is 27.6. The number of aromatic nitrogens is 1. The summed E-state index contributed by atoms with van der Waals surface area (Å²) in [7, 11) is 0. The molecule has 0 N–H and O–H groups in total.